The Kier molecular flexibility index (Phi) is 5.16. The van der Waals surface area contributed by atoms with E-state index in [0.29, 0.717) is 18.3 Å². The van der Waals surface area contributed by atoms with Crippen molar-refractivity contribution in [2.45, 2.75) is 20.4 Å². The predicted octanol–water partition coefficient (Wildman–Crippen LogP) is 2.61. The van der Waals surface area contributed by atoms with E-state index in [1.54, 1.807) is 0 Å². The molecule has 5 nitrogen and oxygen atoms in total. The number of rotatable bonds is 5. The third-order valence-corrected chi connectivity index (χ3v) is 3.28. The molecule has 0 saturated heterocycles. The number of nitrogens with zero attached hydrogens (tertiary/aromatic N) is 2. The average Bonchev–Trinajstić information content (AvgIpc) is 2.78. The van der Waals surface area contributed by atoms with E-state index in [9.17, 15) is 0 Å². The second kappa shape index (κ2) is 7.08. The van der Waals surface area contributed by atoms with Gasteiger partial charge in [-0.15, -0.1) is 0 Å². The molecule has 0 bridgehead atoms. The fraction of sp³-hybridized carbons (Fsp3) is 0.333. The lowest BCUT2D eigenvalue weighted by Gasteiger charge is -2.13. The fourth-order valence-electron chi connectivity index (χ4n) is 1.91. The summed E-state index contributed by atoms with van der Waals surface area (Å²) in [5.41, 5.74) is 2.93. The van der Waals surface area contributed by atoms with Gasteiger partial charge in [-0.05, 0) is 44.3 Å². The molecule has 6 heteroatoms. The summed E-state index contributed by atoms with van der Waals surface area (Å²) in [6, 6.07) is 9.75. The van der Waals surface area contributed by atoms with Gasteiger partial charge in [0.15, 0.2) is 5.11 Å². The Morgan fingerprint density at radius 2 is 2.14 bits per heavy atom. The monoisotopic (exact) mass is 304 g/mol. The van der Waals surface area contributed by atoms with E-state index in [-0.39, 0.29) is 0 Å². The molecular formula is C15H20N4OS. The van der Waals surface area contributed by atoms with E-state index in [1.807, 2.05) is 55.9 Å². The number of ether oxygens (including phenoxy) is 1. The Bertz CT molecular complexity index is 604. The first-order valence-corrected chi connectivity index (χ1v) is 7.27. The smallest absolute Gasteiger partial charge is 0.171 e. The van der Waals surface area contributed by atoms with Gasteiger partial charge in [-0.1, -0.05) is 12.1 Å². The highest BCUT2D eigenvalue weighted by Gasteiger charge is 2.05. The number of anilines is 1. The topological polar surface area (TPSA) is 51.1 Å². The molecule has 2 aromatic rings. The van der Waals surface area contributed by atoms with E-state index in [4.69, 9.17) is 17.0 Å². The van der Waals surface area contributed by atoms with Crippen LogP contribution in [0, 0.1) is 6.92 Å². The normalized spacial score (nSPS) is 10.2. The van der Waals surface area contributed by atoms with Gasteiger partial charge in [0.2, 0.25) is 0 Å². The van der Waals surface area contributed by atoms with Gasteiger partial charge < -0.3 is 15.4 Å². The molecule has 0 fully saturated rings. The lowest BCUT2D eigenvalue weighted by Crippen LogP contribution is -2.28. The van der Waals surface area contributed by atoms with Gasteiger partial charge in [0.05, 0.1) is 24.5 Å². The molecule has 2 rings (SSSR count). The van der Waals surface area contributed by atoms with Crippen molar-refractivity contribution in [2.24, 2.45) is 7.05 Å². The highest BCUT2D eigenvalue weighted by atomic mass is 32.1. The van der Waals surface area contributed by atoms with E-state index in [0.717, 1.165) is 22.8 Å². The van der Waals surface area contributed by atoms with Gasteiger partial charge >= 0.3 is 0 Å². The number of para-hydroxylation sites is 2. The summed E-state index contributed by atoms with van der Waals surface area (Å²) in [6.45, 7) is 5.18. The largest absolute Gasteiger partial charge is 0.492 e. The Morgan fingerprint density at radius 3 is 2.81 bits per heavy atom. The van der Waals surface area contributed by atoms with E-state index in [1.165, 1.54) is 0 Å². The van der Waals surface area contributed by atoms with Crippen molar-refractivity contribution >= 4 is 23.0 Å². The summed E-state index contributed by atoms with van der Waals surface area (Å²) >= 11 is 5.31. The van der Waals surface area contributed by atoms with Crippen LogP contribution in [0.5, 0.6) is 5.75 Å². The molecule has 0 amide bonds. The van der Waals surface area contributed by atoms with Gasteiger partial charge in [-0.25, -0.2) is 0 Å². The van der Waals surface area contributed by atoms with Gasteiger partial charge in [0, 0.05) is 12.7 Å². The minimum atomic E-state index is 0.547. The molecule has 0 atom stereocenters. The van der Waals surface area contributed by atoms with Gasteiger partial charge in [0.25, 0.3) is 0 Å². The first-order valence-electron chi connectivity index (χ1n) is 6.86. The van der Waals surface area contributed by atoms with Crippen LogP contribution in [0.4, 0.5) is 5.69 Å². The van der Waals surface area contributed by atoms with Crippen LogP contribution in [0.3, 0.4) is 0 Å². The van der Waals surface area contributed by atoms with E-state index >= 15 is 0 Å². The molecule has 1 aromatic carbocycles. The van der Waals surface area contributed by atoms with Crippen LogP contribution >= 0.6 is 12.2 Å². The van der Waals surface area contributed by atoms with Crippen LogP contribution in [0.15, 0.2) is 30.3 Å². The number of aromatic nitrogens is 2. The second-order valence-electron chi connectivity index (χ2n) is 4.64. The standard InChI is InChI=1S/C15H20N4OS/c1-4-20-14-8-6-5-7-13(14)17-15(21)16-10-12-9-11(2)19(3)18-12/h5-9H,4,10H2,1-3H3,(H2,16,17,21). The number of benzene rings is 1. The molecule has 2 N–H and O–H groups in total. The van der Waals surface area contributed by atoms with Crippen LogP contribution in [0.25, 0.3) is 0 Å². The zero-order valence-corrected chi connectivity index (χ0v) is 13.3. The average molecular weight is 304 g/mol. The maximum absolute atomic E-state index is 5.55. The van der Waals surface area contributed by atoms with Crippen molar-refractivity contribution in [3.8, 4) is 5.75 Å². The molecule has 0 saturated carbocycles. The number of nitrogens with one attached hydrogen (secondary N) is 2. The van der Waals surface area contributed by atoms with Crippen molar-refractivity contribution in [2.75, 3.05) is 11.9 Å². The summed E-state index contributed by atoms with van der Waals surface area (Å²) in [6.07, 6.45) is 0. The van der Waals surface area contributed by atoms with Gasteiger partial charge in [-0.3, -0.25) is 4.68 Å². The molecule has 1 heterocycles. The van der Waals surface area contributed by atoms with Crippen molar-refractivity contribution in [1.29, 1.82) is 0 Å². The molecule has 0 aliphatic rings. The van der Waals surface area contributed by atoms with Crippen molar-refractivity contribution in [1.82, 2.24) is 15.1 Å². The minimum Gasteiger partial charge on any atom is -0.492 e. The zero-order chi connectivity index (χ0) is 15.2. The zero-order valence-electron chi connectivity index (χ0n) is 12.5. The van der Waals surface area contributed by atoms with Crippen molar-refractivity contribution in [3.63, 3.8) is 0 Å². The predicted molar refractivity (Wildman–Crippen MR) is 88.6 cm³/mol. The van der Waals surface area contributed by atoms with Crippen molar-refractivity contribution < 1.29 is 4.74 Å². The first-order chi connectivity index (χ1) is 10.1. The van der Waals surface area contributed by atoms with Gasteiger partial charge in [0.1, 0.15) is 5.75 Å². The van der Waals surface area contributed by atoms with E-state index < -0.39 is 0 Å². The molecule has 0 aliphatic heterocycles. The molecule has 21 heavy (non-hydrogen) atoms. The van der Waals surface area contributed by atoms with Crippen LogP contribution in [-0.2, 0) is 13.6 Å². The highest BCUT2D eigenvalue weighted by molar-refractivity contribution is 7.80. The van der Waals surface area contributed by atoms with Crippen LogP contribution < -0.4 is 15.4 Å². The highest BCUT2D eigenvalue weighted by Crippen LogP contribution is 2.23. The summed E-state index contributed by atoms with van der Waals surface area (Å²) < 4.78 is 7.40. The molecule has 0 radical (unpaired) electrons. The molecule has 0 unspecified atom stereocenters. The maximum Gasteiger partial charge on any atom is 0.171 e. The SMILES string of the molecule is CCOc1ccccc1NC(=S)NCc1cc(C)n(C)n1. The van der Waals surface area contributed by atoms with Crippen LogP contribution in [0.2, 0.25) is 0 Å². The first kappa shape index (κ1) is 15.3. The van der Waals surface area contributed by atoms with Crippen LogP contribution in [0.1, 0.15) is 18.3 Å². The molecule has 0 aliphatic carbocycles. The third kappa shape index (κ3) is 4.19. The summed E-state index contributed by atoms with van der Waals surface area (Å²) in [4.78, 5) is 0. The second-order valence-corrected chi connectivity index (χ2v) is 5.05. The third-order valence-electron chi connectivity index (χ3n) is 3.03. The molecular weight excluding hydrogens is 284 g/mol. The summed E-state index contributed by atoms with van der Waals surface area (Å²) in [5.74, 6) is 0.790. The Balaban J connectivity index is 1.92. The van der Waals surface area contributed by atoms with Crippen LogP contribution in [-0.4, -0.2) is 21.5 Å². The van der Waals surface area contributed by atoms with Crippen molar-refractivity contribution in [3.05, 3.63) is 41.7 Å². The molecule has 0 spiro atoms. The maximum atomic E-state index is 5.55. The lowest BCUT2D eigenvalue weighted by atomic mass is 10.3. The minimum absolute atomic E-state index is 0.547. The summed E-state index contributed by atoms with van der Waals surface area (Å²) in [5, 5.41) is 11.2. The fourth-order valence-corrected chi connectivity index (χ4v) is 2.09. The Labute approximate surface area is 130 Å². The Morgan fingerprint density at radius 1 is 1.38 bits per heavy atom. The number of thiocarbonyl (C=S) groups is 1. The Hall–Kier alpha value is -2.08. The van der Waals surface area contributed by atoms with E-state index in [2.05, 4.69) is 15.7 Å². The van der Waals surface area contributed by atoms with Gasteiger partial charge in [-0.2, -0.15) is 5.10 Å². The number of aryl methyl sites for hydroxylation is 2. The lowest BCUT2D eigenvalue weighted by molar-refractivity contribution is 0.342. The number of hydrogen-bond donors (Lipinski definition) is 2. The molecule has 112 valence electrons. The number of hydrogen-bond acceptors (Lipinski definition) is 3. The summed E-state index contributed by atoms with van der Waals surface area (Å²) in [7, 11) is 1.92. The molecule has 1 aromatic heterocycles. The quantitative estimate of drug-likeness (QED) is 0.832.